The van der Waals surface area contributed by atoms with Crippen LogP contribution in [0, 0.1) is 0 Å². The van der Waals surface area contributed by atoms with Gasteiger partial charge in [0.05, 0.1) is 12.2 Å². The first-order valence-corrected chi connectivity index (χ1v) is 4.37. The monoisotopic (exact) mass is 181 g/mol. The van der Waals surface area contributed by atoms with Gasteiger partial charge in [0.25, 0.3) is 0 Å². The van der Waals surface area contributed by atoms with Crippen LogP contribution in [-0.2, 0) is 0 Å². The van der Waals surface area contributed by atoms with Gasteiger partial charge in [0, 0.05) is 6.04 Å². The van der Waals surface area contributed by atoms with Crippen molar-refractivity contribution in [1.82, 2.24) is 0 Å². The maximum atomic E-state index is 9.53. The molecule has 0 radical (unpaired) electrons. The highest BCUT2D eigenvalue weighted by Crippen LogP contribution is 2.31. The first-order valence-electron chi connectivity index (χ1n) is 4.37. The van der Waals surface area contributed by atoms with E-state index in [-0.39, 0.29) is 11.8 Å². The Morgan fingerprint density at radius 2 is 2.23 bits per heavy atom. The summed E-state index contributed by atoms with van der Waals surface area (Å²) in [7, 11) is 0. The smallest absolute Gasteiger partial charge is 0.127 e. The van der Waals surface area contributed by atoms with Gasteiger partial charge in [-0.1, -0.05) is 6.07 Å². The summed E-state index contributed by atoms with van der Waals surface area (Å²) in [4.78, 5) is 0. The molecule has 1 aromatic rings. The van der Waals surface area contributed by atoms with Crippen molar-refractivity contribution < 1.29 is 9.84 Å². The molecule has 0 saturated carbocycles. The van der Waals surface area contributed by atoms with Crippen LogP contribution in [0.4, 0.5) is 0 Å². The first-order chi connectivity index (χ1) is 6.16. The molecule has 0 amide bonds. The van der Waals surface area contributed by atoms with Gasteiger partial charge in [-0.3, -0.25) is 0 Å². The van der Waals surface area contributed by atoms with Crippen molar-refractivity contribution in [1.29, 1.82) is 0 Å². The van der Waals surface area contributed by atoms with Crippen LogP contribution in [0.15, 0.2) is 18.2 Å². The Balaban J connectivity index is 3.10. The molecule has 0 aliphatic heterocycles. The highest BCUT2D eigenvalue weighted by Gasteiger charge is 2.11. The van der Waals surface area contributed by atoms with E-state index in [2.05, 4.69) is 0 Å². The van der Waals surface area contributed by atoms with E-state index in [0.29, 0.717) is 17.9 Å². The molecule has 3 heteroatoms. The van der Waals surface area contributed by atoms with E-state index in [1.807, 2.05) is 19.9 Å². The fraction of sp³-hybridized carbons (Fsp3) is 0.400. The lowest BCUT2D eigenvalue weighted by Gasteiger charge is -2.14. The third kappa shape index (κ3) is 2.12. The van der Waals surface area contributed by atoms with Crippen molar-refractivity contribution in [2.45, 2.75) is 19.9 Å². The molecule has 0 aliphatic carbocycles. The molecule has 1 atom stereocenters. The van der Waals surface area contributed by atoms with E-state index in [1.165, 1.54) is 0 Å². The SMILES string of the molecule is CCOc1cccc(O)c1[C@H](C)N. The highest BCUT2D eigenvalue weighted by atomic mass is 16.5. The zero-order chi connectivity index (χ0) is 9.84. The molecule has 0 fully saturated rings. The Morgan fingerprint density at radius 1 is 1.54 bits per heavy atom. The molecule has 1 aromatic carbocycles. The van der Waals surface area contributed by atoms with Crippen LogP contribution < -0.4 is 10.5 Å². The van der Waals surface area contributed by atoms with E-state index in [0.717, 1.165) is 0 Å². The van der Waals surface area contributed by atoms with Gasteiger partial charge in [0.2, 0.25) is 0 Å². The average molecular weight is 181 g/mol. The van der Waals surface area contributed by atoms with Crippen molar-refractivity contribution in [3.8, 4) is 11.5 Å². The van der Waals surface area contributed by atoms with Crippen molar-refractivity contribution in [2.75, 3.05) is 6.61 Å². The minimum atomic E-state index is -0.220. The van der Waals surface area contributed by atoms with Gasteiger partial charge in [-0.2, -0.15) is 0 Å². The Morgan fingerprint density at radius 3 is 2.77 bits per heavy atom. The minimum Gasteiger partial charge on any atom is -0.507 e. The van der Waals surface area contributed by atoms with Crippen LogP contribution in [0.2, 0.25) is 0 Å². The summed E-state index contributed by atoms with van der Waals surface area (Å²) in [6.45, 7) is 4.29. The van der Waals surface area contributed by atoms with Gasteiger partial charge in [-0.15, -0.1) is 0 Å². The zero-order valence-corrected chi connectivity index (χ0v) is 7.95. The van der Waals surface area contributed by atoms with Crippen molar-refractivity contribution in [3.05, 3.63) is 23.8 Å². The fourth-order valence-electron chi connectivity index (χ4n) is 1.27. The lowest BCUT2D eigenvalue weighted by molar-refractivity contribution is 0.330. The van der Waals surface area contributed by atoms with Crippen molar-refractivity contribution in [3.63, 3.8) is 0 Å². The standard InChI is InChI=1S/C10H15NO2/c1-3-13-9-6-4-5-8(12)10(9)7(2)11/h4-7,12H,3,11H2,1-2H3/t7-/m0/s1. The van der Waals surface area contributed by atoms with Gasteiger partial charge < -0.3 is 15.6 Å². The summed E-state index contributed by atoms with van der Waals surface area (Å²) in [6.07, 6.45) is 0. The number of aromatic hydroxyl groups is 1. The van der Waals surface area contributed by atoms with Gasteiger partial charge in [0.1, 0.15) is 11.5 Å². The maximum Gasteiger partial charge on any atom is 0.127 e. The van der Waals surface area contributed by atoms with Crippen LogP contribution in [0.5, 0.6) is 11.5 Å². The molecule has 0 heterocycles. The maximum absolute atomic E-state index is 9.53. The van der Waals surface area contributed by atoms with Crippen molar-refractivity contribution in [2.24, 2.45) is 5.73 Å². The number of phenolic OH excluding ortho intramolecular Hbond substituents is 1. The van der Waals surface area contributed by atoms with Crippen LogP contribution in [0.1, 0.15) is 25.5 Å². The Kier molecular flexibility index (Phi) is 3.14. The molecule has 13 heavy (non-hydrogen) atoms. The van der Waals surface area contributed by atoms with Crippen LogP contribution >= 0.6 is 0 Å². The van der Waals surface area contributed by atoms with Gasteiger partial charge in [-0.05, 0) is 26.0 Å². The van der Waals surface area contributed by atoms with Crippen LogP contribution in [0.25, 0.3) is 0 Å². The number of phenols is 1. The zero-order valence-electron chi connectivity index (χ0n) is 7.95. The van der Waals surface area contributed by atoms with Crippen LogP contribution in [0.3, 0.4) is 0 Å². The second-order valence-corrected chi connectivity index (χ2v) is 2.91. The lowest BCUT2D eigenvalue weighted by atomic mass is 10.1. The summed E-state index contributed by atoms with van der Waals surface area (Å²) < 4.78 is 5.34. The lowest BCUT2D eigenvalue weighted by Crippen LogP contribution is -2.08. The van der Waals surface area contributed by atoms with E-state index in [9.17, 15) is 5.11 Å². The fourth-order valence-corrected chi connectivity index (χ4v) is 1.27. The Labute approximate surface area is 78.1 Å². The molecule has 3 nitrogen and oxygen atoms in total. The minimum absolute atomic E-state index is 0.195. The van der Waals surface area contributed by atoms with Gasteiger partial charge in [0.15, 0.2) is 0 Å². The number of hydrogen-bond acceptors (Lipinski definition) is 3. The summed E-state index contributed by atoms with van der Waals surface area (Å²) in [6, 6.07) is 4.94. The number of benzene rings is 1. The molecule has 0 spiro atoms. The average Bonchev–Trinajstić information content (AvgIpc) is 2.04. The Bertz CT molecular complexity index is 284. The molecule has 3 N–H and O–H groups in total. The van der Waals surface area contributed by atoms with Crippen LogP contribution in [-0.4, -0.2) is 11.7 Å². The molecule has 1 rings (SSSR count). The summed E-state index contributed by atoms with van der Waals surface area (Å²) in [5, 5.41) is 9.53. The molecule has 72 valence electrons. The van der Waals surface area contributed by atoms with E-state index in [4.69, 9.17) is 10.5 Å². The summed E-state index contributed by atoms with van der Waals surface area (Å²) in [5.74, 6) is 0.860. The summed E-state index contributed by atoms with van der Waals surface area (Å²) >= 11 is 0. The normalized spacial score (nSPS) is 12.5. The molecular weight excluding hydrogens is 166 g/mol. The third-order valence-electron chi connectivity index (χ3n) is 1.80. The predicted octanol–water partition coefficient (Wildman–Crippen LogP) is 1.81. The number of hydrogen-bond donors (Lipinski definition) is 2. The van der Waals surface area contributed by atoms with E-state index < -0.39 is 0 Å². The second kappa shape index (κ2) is 4.14. The highest BCUT2D eigenvalue weighted by molar-refractivity contribution is 5.45. The topological polar surface area (TPSA) is 55.5 Å². The molecule has 0 saturated heterocycles. The number of rotatable bonds is 3. The number of nitrogens with two attached hydrogens (primary N) is 1. The quantitative estimate of drug-likeness (QED) is 0.747. The van der Waals surface area contributed by atoms with Gasteiger partial charge in [-0.25, -0.2) is 0 Å². The van der Waals surface area contributed by atoms with E-state index in [1.54, 1.807) is 12.1 Å². The van der Waals surface area contributed by atoms with Crippen molar-refractivity contribution >= 4 is 0 Å². The van der Waals surface area contributed by atoms with Gasteiger partial charge >= 0.3 is 0 Å². The Hall–Kier alpha value is -1.22. The molecule has 0 aliphatic rings. The first kappa shape index (κ1) is 9.86. The number of ether oxygens (including phenoxy) is 1. The molecule has 0 aromatic heterocycles. The summed E-state index contributed by atoms with van der Waals surface area (Å²) in [5.41, 5.74) is 6.38. The largest absolute Gasteiger partial charge is 0.507 e. The predicted molar refractivity (Wildman–Crippen MR) is 51.9 cm³/mol. The molecule has 0 bridgehead atoms. The molecular formula is C10H15NO2. The molecule has 0 unspecified atom stereocenters. The van der Waals surface area contributed by atoms with E-state index >= 15 is 0 Å². The second-order valence-electron chi connectivity index (χ2n) is 2.91. The third-order valence-corrected chi connectivity index (χ3v) is 1.80.